The second-order valence-electron chi connectivity index (χ2n) is 9.93. The zero-order valence-electron chi connectivity index (χ0n) is 22.4. The van der Waals surface area contributed by atoms with E-state index in [-0.39, 0.29) is 26.4 Å². The zero-order chi connectivity index (χ0) is 29.6. The number of nitrogens with two attached hydrogens (primary N) is 1. The number of nitrogens with zero attached hydrogens (tertiary/aromatic N) is 3. The van der Waals surface area contributed by atoms with Crippen molar-refractivity contribution in [3.8, 4) is 16.1 Å². The molecule has 0 radical (unpaired) electrons. The highest BCUT2D eigenvalue weighted by Gasteiger charge is 2.25. The summed E-state index contributed by atoms with van der Waals surface area (Å²) in [7, 11) is 0.141. The summed E-state index contributed by atoms with van der Waals surface area (Å²) in [4.78, 5) is 31.0. The molecule has 3 aromatic carbocycles. The molecule has 0 bridgehead atoms. The van der Waals surface area contributed by atoms with Crippen molar-refractivity contribution in [2.75, 3.05) is 26.1 Å². The topological polar surface area (TPSA) is 107 Å². The lowest BCUT2D eigenvalue weighted by atomic mass is 10.1. The number of hydrogen-bond acceptors (Lipinski definition) is 7. The van der Waals surface area contributed by atoms with Crippen LogP contribution < -0.4 is 17.0 Å². The maximum absolute atomic E-state index is 14.8. The van der Waals surface area contributed by atoms with Gasteiger partial charge in [-0.05, 0) is 73.8 Å². The number of rotatable bonds is 7. The first kappa shape index (κ1) is 28.4. The molecule has 41 heavy (non-hydrogen) atoms. The van der Waals surface area contributed by atoms with Crippen LogP contribution in [0.5, 0.6) is 0 Å². The zero-order valence-corrected chi connectivity index (χ0v) is 24.0. The van der Waals surface area contributed by atoms with Gasteiger partial charge in [0.15, 0.2) is 9.84 Å². The van der Waals surface area contributed by atoms with Gasteiger partial charge >= 0.3 is 5.69 Å². The van der Waals surface area contributed by atoms with Gasteiger partial charge in [-0.1, -0.05) is 18.2 Å². The molecule has 0 aliphatic heterocycles. The molecule has 0 fully saturated rings. The fraction of sp³-hybridized carbons (Fsp3) is 0.172. The Bertz CT molecular complexity index is 1990. The molecule has 0 aliphatic rings. The van der Waals surface area contributed by atoms with Gasteiger partial charge in [0.2, 0.25) is 0 Å². The Labute approximate surface area is 238 Å². The molecule has 0 amide bonds. The summed E-state index contributed by atoms with van der Waals surface area (Å²) in [6.45, 7) is -0.146. The number of benzene rings is 3. The highest BCUT2D eigenvalue weighted by atomic mass is 32.2. The van der Waals surface area contributed by atoms with Crippen molar-refractivity contribution in [3.63, 3.8) is 0 Å². The minimum atomic E-state index is -3.53. The first-order valence-corrected chi connectivity index (χ1v) is 15.1. The average molecular weight is 597 g/mol. The van der Waals surface area contributed by atoms with Gasteiger partial charge in [0.1, 0.15) is 16.5 Å². The van der Waals surface area contributed by atoms with Crippen molar-refractivity contribution < 1.29 is 17.2 Å². The van der Waals surface area contributed by atoms with E-state index < -0.39 is 39.3 Å². The normalized spacial score (nSPS) is 12.0. The summed E-state index contributed by atoms with van der Waals surface area (Å²) in [5, 5.41) is 0.221. The van der Waals surface area contributed by atoms with Gasteiger partial charge in [0.05, 0.1) is 22.5 Å². The van der Waals surface area contributed by atoms with Crippen LogP contribution >= 0.6 is 11.3 Å². The number of sulfone groups is 1. The molecule has 5 rings (SSSR count). The van der Waals surface area contributed by atoms with Crippen LogP contribution in [0.1, 0.15) is 11.1 Å². The van der Waals surface area contributed by atoms with Crippen molar-refractivity contribution in [2.45, 2.75) is 18.0 Å². The highest BCUT2D eigenvalue weighted by molar-refractivity contribution is 7.90. The second-order valence-corrected chi connectivity index (χ2v) is 12.9. The summed E-state index contributed by atoms with van der Waals surface area (Å²) >= 11 is 1.18. The van der Waals surface area contributed by atoms with Crippen molar-refractivity contribution >= 4 is 37.1 Å². The van der Waals surface area contributed by atoms with Crippen LogP contribution in [0.4, 0.5) is 14.5 Å². The van der Waals surface area contributed by atoms with Crippen LogP contribution in [-0.4, -0.2) is 42.8 Å². The number of aromatic nitrogens is 2. The molecule has 2 N–H and O–H groups in total. The number of anilines is 1. The molecule has 0 spiro atoms. The Hall–Kier alpha value is -4.13. The maximum atomic E-state index is 14.8. The van der Waals surface area contributed by atoms with Crippen molar-refractivity contribution in [1.29, 1.82) is 0 Å². The molecular weight excluding hydrogens is 570 g/mol. The molecule has 0 unspecified atom stereocenters. The van der Waals surface area contributed by atoms with Crippen LogP contribution in [0.2, 0.25) is 0 Å². The van der Waals surface area contributed by atoms with E-state index >= 15 is 0 Å². The summed E-state index contributed by atoms with van der Waals surface area (Å²) in [5.41, 5.74) is 6.18. The molecule has 0 saturated heterocycles. The van der Waals surface area contributed by atoms with Crippen molar-refractivity contribution in [3.05, 3.63) is 110 Å². The molecule has 5 aromatic rings. The first-order chi connectivity index (χ1) is 19.4. The van der Waals surface area contributed by atoms with Gasteiger partial charge in [-0.3, -0.25) is 9.36 Å². The van der Waals surface area contributed by atoms with Crippen molar-refractivity contribution in [1.82, 2.24) is 14.0 Å². The molecule has 2 aromatic heterocycles. The van der Waals surface area contributed by atoms with Gasteiger partial charge in [-0.2, -0.15) is 0 Å². The Balaban J connectivity index is 1.89. The van der Waals surface area contributed by atoms with Crippen molar-refractivity contribution in [2.24, 2.45) is 0 Å². The van der Waals surface area contributed by atoms with E-state index in [4.69, 9.17) is 5.73 Å². The van der Waals surface area contributed by atoms with Gasteiger partial charge in [0, 0.05) is 28.9 Å². The smallest absolute Gasteiger partial charge is 0.337 e. The van der Waals surface area contributed by atoms with Crippen LogP contribution in [0, 0.1) is 11.6 Å². The summed E-state index contributed by atoms with van der Waals surface area (Å²) in [6, 6.07) is 15.8. The lowest BCUT2D eigenvalue weighted by molar-refractivity contribution is 0.405. The molecule has 0 saturated carbocycles. The Morgan fingerprint density at radius 2 is 1.51 bits per heavy atom. The van der Waals surface area contributed by atoms with Gasteiger partial charge in [-0.25, -0.2) is 26.6 Å². The fourth-order valence-corrected chi connectivity index (χ4v) is 6.59. The molecule has 12 heteroatoms. The third-order valence-corrected chi connectivity index (χ3v) is 9.05. The summed E-state index contributed by atoms with van der Waals surface area (Å²) in [6.07, 6.45) is 1.05. The van der Waals surface area contributed by atoms with E-state index in [9.17, 15) is 26.8 Å². The number of fused-ring (bicyclic) bond motifs is 1. The van der Waals surface area contributed by atoms with Crippen LogP contribution in [0.15, 0.2) is 81.2 Å². The predicted molar refractivity (Wildman–Crippen MR) is 157 cm³/mol. The molecule has 212 valence electrons. The number of nitrogen functional groups attached to an aromatic ring is 1. The number of halogens is 2. The van der Waals surface area contributed by atoms with Crippen LogP contribution in [0.3, 0.4) is 0 Å². The molecular formula is C29H26F2N4O4S2. The van der Waals surface area contributed by atoms with Gasteiger partial charge < -0.3 is 10.6 Å². The van der Waals surface area contributed by atoms with E-state index in [1.807, 2.05) is 19.0 Å². The third kappa shape index (κ3) is 5.33. The second kappa shape index (κ2) is 10.7. The first-order valence-electron chi connectivity index (χ1n) is 12.4. The Morgan fingerprint density at radius 1 is 0.902 bits per heavy atom. The lowest BCUT2D eigenvalue weighted by Gasteiger charge is -2.15. The largest absolute Gasteiger partial charge is 0.399 e. The lowest BCUT2D eigenvalue weighted by Crippen LogP contribution is -2.39. The molecule has 0 atom stereocenters. The van der Waals surface area contributed by atoms with Crippen LogP contribution in [0.25, 0.3) is 26.3 Å². The molecule has 2 heterocycles. The van der Waals surface area contributed by atoms with E-state index in [0.717, 1.165) is 28.5 Å². The number of thiophene rings is 1. The quantitative estimate of drug-likeness (QED) is 0.282. The van der Waals surface area contributed by atoms with E-state index in [1.165, 1.54) is 46.2 Å². The minimum Gasteiger partial charge on any atom is -0.399 e. The SMILES string of the molecule is CN(C)Cc1c(-c2ccc(N)cc2)sc2c1c(=O)n(-c1ccc(S(C)(=O)=O)cc1)c(=O)n2Cc1c(F)cccc1F. The highest BCUT2D eigenvalue weighted by Crippen LogP contribution is 2.38. The minimum absolute atomic E-state index is 0.0126. The number of hydrogen-bond donors (Lipinski definition) is 1. The standard InChI is InChI=1S/C29H26F2N4O4S2/c1-33(2)15-22-25-27(36)35(19-11-13-20(14-12-19)41(3,38)39)29(37)34(16-21-23(30)5-4-6-24(21)31)28(25)40-26(22)17-7-9-18(32)10-8-17/h4-14H,15-16,32H2,1-3H3. The maximum Gasteiger partial charge on any atom is 0.337 e. The Kier molecular flexibility index (Phi) is 7.41. The van der Waals surface area contributed by atoms with Gasteiger partial charge in [0.25, 0.3) is 5.56 Å². The third-order valence-electron chi connectivity index (χ3n) is 6.62. The Morgan fingerprint density at radius 3 is 2.07 bits per heavy atom. The fourth-order valence-electron chi connectivity index (χ4n) is 4.65. The van der Waals surface area contributed by atoms with E-state index in [2.05, 4.69) is 0 Å². The molecule has 8 nitrogen and oxygen atoms in total. The van der Waals surface area contributed by atoms with Crippen LogP contribution in [-0.2, 0) is 22.9 Å². The monoisotopic (exact) mass is 596 g/mol. The average Bonchev–Trinajstić information content (AvgIpc) is 3.27. The van der Waals surface area contributed by atoms with E-state index in [0.29, 0.717) is 22.7 Å². The summed E-state index contributed by atoms with van der Waals surface area (Å²) in [5.74, 6) is -1.66. The molecule has 0 aliphatic carbocycles. The van der Waals surface area contributed by atoms with E-state index in [1.54, 1.807) is 24.3 Å². The van der Waals surface area contributed by atoms with Gasteiger partial charge in [-0.15, -0.1) is 11.3 Å². The summed E-state index contributed by atoms with van der Waals surface area (Å²) < 4.78 is 55.7. The predicted octanol–water partition coefficient (Wildman–Crippen LogP) is 4.25.